The van der Waals surface area contributed by atoms with Crippen LogP contribution in [0.5, 0.6) is 5.75 Å². The van der Waals surface area contributed by atoms with Gasteiger partial charge in [0.25, 0.3) is 12.9 Å². The van der Waals surface area contributed by atoms with E-state index in [4.69, 9.17) is 19.8 Å². The van der Waals surface area contributed by atoms with Gasteiger partial charge in [0.05, 0.1) is 0 Å². The number of carbonyl (C=O) groups is 2. The van der Waals surface area contributed by atoms with Gasteiger partial charge in [-0.25, -0.2) is 0 Å². The van der Waals surface area contributed by atoms with Gasteiger partial charge in [0.15, 0.2) is 0 Å². The van der Waals surface area contributed by atoms with Crippen molar-refractivity contribution >= 4 is 23.7 Å². The highest BCUT2D eigenvalue weighted by Gasteiger charge is 1.98. The first-order valence-electron chi connectivity index (χ1n) is 5.50. The van der Waals surface area contributed by atoms with Gasteiger partial charge < -0.3 is 15.3 Å². The molecule has 5 heteroatoms. The summed E-state index contributed by atoms with van der Waals surface area (Å²) in [5.41, 5.74) is 1.33. The second-order valence-electron chi connectivity index (χ2n) is 3.39. The Labute approximate surface area is 110 Å². The molecule has 19 heavy (non-hydrogen) atoms. The van der Waals surface area contributed by atoms with Crippen LogP contribution in [0.4, 0.5) is 0 Å². The van der Waals surface area contributed by atoms with E-state index in [1.807, 2.05) is 18.2 Å². The van der Waals surface area contributed by atoms with Crippen LogP contribution in [0.25, 0.3) is 10.8 Å². The zero-order valence-electron chi connectivity index (χ0n) is 10.5. The van der Waals surface area contributed by atoms with Crippen molar-refractivity contribution in [2.75, 3.05) is 0 Å². The third-order valence-corrected chi connectivity index (χ3v) is 2.34. The van der Waals surface area contributed by atoms with Crippen LogP contribution in [0.2, 0.25) is 0 Å². The van der Waals surface area contributed by atoms with Crippen molar-refractivity contribution in [3.05, 3.63) is 42.0 Å². The summed E-state index contributed by atoms with van der Waals surface area (Å²) in [6.07, 6.45) is 1.03. The van der Waals surface area contributed by atoms with Crippen molar-refractivity contribution in [1.29, 1.82) is 0 Å². The molecule has 0 amide bonds. The van der Waals surface area contributed by atoms with Gasteiger partial charge in [-0.2, -0.15) is 0 Å². The fraction of sp³-hybridized carbons (Fsp3) is 0.143. The molecule has 0 fully saturated rings. The minimum atomic E-state index is -0.250. The lowest BCUT2D eigenvalue weighted by Crippen LogP contribution is -1.82. The molecule has 3 N–H and O–H groups in total. The molecule has 2 rings (SSSR count). The molecule has 0 aromatic heterocycles. The van der Waals surface area contributed by atoms with Crippen molar-refractivity contribution in [1.82, 2.24) is 0 Å². The van der Waals surface area contributed by atoms with Gasteiger partial charge in [-0.3, -0.25) is 9.59 Å². The van der Waals surface area contributed by atoms with Crippen molar-refractivity contribution in [2.45, 2.75) is 13.3 Å². The molecule has 2 aromatic carbocycles. The lowest BCUT2D eigenvalue weighted by atomic mass is 10.0. The summed E-state index contributed by atoms with van der Waals surface area (Å²) in [7, 11) is 0. The van der Waals surface area contributed by atoms with E-state index in [9.17, 15) is 5.11 Å². The summed E-state index contributed by atoms with van der Waals surface area (Å²) in [5.74, 6) is 0.334. The van der Waals surface area contributed by atoms with Gasteiger partial charge in [0, 0.05) is 0 Å². The van der Waals surface area contributed by atoms with Gasteiger partial charge in [-0.15, -0.1) is 0 Å². The number of phenolic OH excluding ortho intramolecular Hbond substituents is 1. The molecule has 0 bridgehead atoms. The van der Waals surface area contributed by atoms with Gasteiger partial charge in [0.1, 0.15) is 5.75 Å². The first-order valence-corrected chi connectivity index (χ1v) is 5.50. The van der Waals surface area contributed by atoms with Crippen molar-refractivity contribution in [2.24, 2.45) is 0 Å². The average Bonchev–Trinajstić information content (AvgIpc) is 2.39. The van der Waals surface area contributed by atoms with Gasteiger partial charge in [-0.1, -0.05) is 31.2 Å². The highest BCUT2D eigenvalue weighted by Crippen LogP contribution is 2.23. The molecule has 5 nitrogen and oxygen atoms in total. The summed E-state index contributed by atoms with van der Waals surface area (Å²) in [6.45, 7) is 1.64. The quantitative estimate of drug-likeness (QED) is 0.688. The fourth-order valence-electron chi connectivity index (χ4n) is 1.65. The van der Waals surface area contributed by atoms with Crippen LogP contribution in [-0.2, 0) is 16.0 Å². The Hall–Kier alpha value is -2.56. The van der Waals surface area contributed by atoms with Crippen LogP contribution in [0.1, 0.15) is 12.5 Å². The zero-order chi connectivity index (χ0) is 14.7. The van der Waals surface area contributed by atoms with E-state index in [1.54, 1.807) is 12.1 Å². The summed E-state index contributed by atoms with van der Waals surface area (Å²) in [5, 5.41) is 25.4. The van der Waals surface area contributed by atoms with E-state index in [0.717, 1.165) is 11.8 Å². The number of hydrogen-bond donors (Lipinski definition) is 3. The molecule has 102 valence electrons. The normalized spacial score (nSPS) is 8.47. The molecule has 0 radical (unpaired) electrons. The number of rotatable bonds is 1. The fourth-order valence-corrected chi connectivity index (χ4v) is 1.65. The number of aryl methyl sites for hydroxylation is 1. The van der Waals surface area contributed by atoms with Crippen molar-refractivity contribution in [3.63, 3.8) is 0 Å². The Morgan fingerprint density at radius 3 is 2.16 bits per heavy atom. The van der Waals surface area contributed by atoms with E-state index in [2.05, 4.69) is 13.0 Å². The first-order chi connectivity index (χ1) is 9.14. The van der Waals surface area contributed by atoms with E-state index in [0.29, 0.717) is 5.75 Å². The molecule has 0 heterocycles. The number of fused-ring (bicyclic) bond motifs is 1. The first kappa shape index (κ1) is 16.4. The monoisotopic (exact) mass is 264 g/mol. The summed E-state index contributed by atoms with van der Waals surface area (Å²) in [6, 6.07) is 11.7. The largest absolute Gasteiger partial charge is 0.508 e. The molecule has 0 unspecified atom stereocenters. The molecule has 0 spiro atoms. The summed E-state index contributed by atoms with van der Waals surface area (Å²) < 4.78 is 0. The van der Waals surface area contributed by atoms with E-state index < -0.39 is 0 Å². The second kappa shape index (κ2) is 9.47. The Balaban J connectivity index is 0.000000465. The Kier molecular flexibility index (Phi) is 8.19. The minimum absolute atomic E-state index is 0.250. The Morgan fingerprint density at radius 2 is 1.63 bits per heavy atom. The smallest absolute Gasteiger partial charge is 0.290 e. The number of hydrogen-bond acceptors (Lipinski definition) is 3. The van der Waals surface area contributed by atoms with E-state index >= 15 is 0 Å². The molecule has 0 aliphatic rings. The third-order valence-electron chi connectivity index (χ3n) is 2.34. The van der Waals surface area contributed by atoms with Crippen molar-refractivity contribution < 1.29 is 24.9 Å². The van der Waals surface area contributed by atoms with E-state index in [1.165, 1.54) is 10.9 Å². The summed E-state index contributed by atoms with van der Waals surface area (Å²) in [4.78, 5) is 16.7. The van der Waals surface area contributed by atoms with Crippen LogP contribution < -0.4 is 0 Å². The number of carboxylic acid groups (broad SMARTS) is 2. The van der Waals surface area contributed by atoms with E-state index in [-0.39, 0.29) is 12.9 Å². The molecule has 0 atom stereocenters. The maximum Gasteiger partial charge on any atom is 0.290 e. The van der Waals surface area contributed by atoms with Gasteiger partial charge in [0.2, 0.25) is 0 Å². The highest BCUT2D eigenvalue weighted by molar-refractivity contribution is 5.86. The molecule has 0 aliphatic carbocycles. The Morgan fingerprint density at radius 1 is 1.05 bits per heavy atom. The Bertz CT molecular complexity index is 516. The molecule has 0 saturated carbocycles. The zero-order valence-corrected chi connectivity index (χ0v) is 10.5. The maximum absolute atomic E-state index is 9.29. The van der Waals surface area contributed by atoms with Gasteiger partial charge in [-0.05, 0) is 34.9 Å². The molecule has 0 aliphatic heterocycles. The summed E-state index contributed by atoms with van der Waals surface area (Å²) >= 11 is 0. The van der Waals surface area contributed by atoms with Crippen LogP contribution in [0.15, 0.2) is 36.4 Å². The second-order valence-corrected chi connectivity index (χ2v) is 3.39. The average molecular weight is 264 g/mol. The number of benzene rings is 2. The van der Waals surface area contributed by atoms with Crippen molar-refractivity contribution in [3.8, 4) is 5.75 Å². The number of aromatic hydroxyl groups is 1. The molecular weight excluding hydrogens is 248 g/mol. The standard InChI is InChI=1S/C12H12O.2CH2O2/c1-2-9-4-3-5-10-8-11(13)6-7-12(9)10;2*2-1-3/h3-8,13H,2H2,1H3;2*1H,(H,2,3). The predicted molar refractivity (Wildman–Crippen MR) is 72.4 cm³/mol. The van der Waals surface area contributed by atoms with Gasteiger partial charge >= 0.3 is 0 Å². The lowest BCUT2D eigenvalue weighted by Gasteiger charge is -2.03. The lowest BCUT2D eigenvalue weighted by molar-refractivity contribution is -0.123. The molecule has 0 saturated heterocycles. The topological polar surface area (TPSA) is 94.8 Å². The van der Waals surface area contributed by atoms with Crippen LogP contribution in [0.3, 0.4) is 0 Å². The molecular formula is C14H16O5. The maximum atomic E-state index is 9.29. The molecule has 2 aromatic rings. The highest BCUT2D eigenvalue weighted by atomic mass is 16.3. The third kappa shape index (κ3) is 5.54. The van der Waals surface area contributed by atoms with Crippen LogP contribution in [-0.4, -0.2) is 28.3 Å². The predicted octanol–water partition coefficient (Wildman–Crippen LogP) is 2.51. The van der Waals surface area contributed by atoms with Crippen LogP contribution in [0, 0.1) is 0 Å². The minimum Gasteiger partial charge on any atom is -0.508 e. The van der Waals surface area contributed by atoms with Crippen LogP contribution >= 0.6 is 0 Å². The SMILES string of the molecule is CCc1cccc2cc(O)ccc12.O=CO.O=CO. The number of phenols is 1.